The second kappa shape index (κ2) is 5.33. The van der Waals surface area contributed by atoms with Crippen LogP contribution in [0.3, 0.4) is 0 Å². The van der Waals surface area contributed by atoms with Gasteiger partial charge in [0.25, 0.3) is 0 Å². The number of morpholine rings is 1. The zero-order valence-corrected chi connectivity index (χ0v) is 12.2. The molecule has 6 heteroatoms. The molecule has 0 aliphatic carbocycles. The van der Waals surface area contributed by atoms with Crippen LogP contribution in [0.5, 0.6) is 0 Å². The Morgan fingerprint density at radius 3 is 2.55 bits per heavy atom. The Hall–Kier alpha value is -1.14. The van der Waals surface area contributed by atoms with Gasteiger partial charge in [-0.05, 0) is 13.5 Å². The molecule has 112 valence electrons. The zero-order valence-electron chi connectivity index (χ0n) is 12.2. The molecule has 2 amide bonds. The van der Waals surface area contributed by atoms with Crippen molar-refractivity contribution in [1.29, 1.82) is 0 Å². The average Bonchev–Trinajstić information content (AvgIpc) is 2.36. The number of piperidine rings is 1. The van der Waals surface area contributed by atoms with Crippen molar-refractivity contribution in [3.05, 3.63) is 0 Å². The third-order valence-electron chi connectivity index (χ3n) is 4.85. The Kier molecular flexibility index (Phi) is 3.69. The number of hydrogen-bond acceptors (Lipinski definition) is 4. The predicted octanol–water partition coefficient (Wildman–Crippen LogP) is -0.604. The molecule has 0 aromatic heterocycles. The molecule has 0 radical (unpaired) electrons. The lowest BCUT2D eigenvalue weighted by Gasteiger charge is -2.47. The number of rotatable bonds is 1. The highest BCUT2D eigenvalue weighted by Gasteiger charge is 2.41. The van der Waals surface area contributed by atoms with Crippen molar-refractivity contribution in [3.8, 4) is 0 Å². The van der Waals surface area contributed by atoms with E-state index in [0.29, 0.717) is 19.1 Å². The normalized spacial score (nSPS) is 31.7. The molecule has 2 atom stereocenters. The number of carbonyl (C=O) groups is 2. The second-order valence-electron chi connectivity index (χ2n) is 6.15. The summed E-state index contributed by atoms with van der Waals surface area (Å²) in [5.41, 5.74) is 0. The molecular formula is C14H23N3O3. The summed E-state index contributed by atoms with van der Waals surface area (Å²) in [4.78, 5) is 29.6. The van der Waals surface area contributed by atoms with Gasteiger partial charge in [-0.15, -0.1) is 0 Å². The Morgan fingerprint density at radius 1 is 1.10 bits per heavy atom. The van der Waals surface area contributed by atoms with Gasteiger partial charge in [-0.3, -0.25) is 14.5 Å². The Balaban J connectivity index is 1.56. The standard InChI is InChI=1S/C14H23N3O3/c1-10(18)17-7-11(8-17)14(19)16-4-3-13-12(9-16)15(2)5-6-20-13/h11-13H,3-9H2,1-2H3/t12-,13+/m0/s1. The number of amides is 2. The van der Waals surface area contributed by atoms with Gasteiger partial charge < -0.3 is 14.5 Å². The summed E-state index contributed by atoms with van der Waals surface area (Å²) < 4.78 is 5.80. The van der Waals surface area contributed by atoms with Crippen LogP contribution in [0, 0.1) is 5.92 Å². The molecule has 0 spiro atoms. The molecule has 3 fully saturated rings. The molecule has 3 saturated heterocycles. The van der Waals surface area contributed by atoms with Crippen LogP contribution in [0.1, 0.15) is 13.3 Å². The fourth-order valence-corrected chi connectivity index (χ4v) is 3.39. The summed E-state index contributed by atoms with van der Waals surface area (Å²) >= 11 is 0. The Morgan fingerprint density at radius 2 is 1.85 bits per heavy atom. The molecule has 3 aliphatic heterocycles. The van der Waals surface area contributed by atoms with E-state index in [0.717, 1.165) is 32.7 Å². The van der Waals surface area contributed by atoms with E-state index in [-0.39, 0.29) is 23.8 Å². The van der Waals surface area contributed by atoms with Gasteiger partial charge in [0.05, 0.1) is 24.7 Å². The van der Waals surface area contributed by atoms with Gasteiger partial charge in [0.15, 0.2) is 0 Å². The van der Waals surface area contributed by atoms with Crippen molar-refractivity contribution < 1.29 is 14.3 Å². The largest absolute Gasteiger partial charge is 0.375 e. The van der Waals surface area contributed by atoms with E-state index in [1.807, 2.05) is 4.90 Å². The summed E-state index contributed by atoms with van der Waals surface area (Å²) in [6, 6.07) is 0.324. The molecule has 0 saturated carbocycles. The van der Waals surface area contributed by atoms with Gasteiger partial charge >= 0.3 is 0 Å². The maximum atomic E-state index is 12.5. The molecule has 6 nitrogen and oxygen atoms in total. The fraction of sp³-hybridized carbons (Fsp3) is 0.857. The number of hydrogen-bond donors (Lipinski definition) is 0. The summed E-state index contributed by atoms with van der Waals surface area (Å²) in [6.45, 7) is 6.00. The highest BCUT2D eigenvalue weighted by molar-refractivity contribution is 5.83. The minimum Gasteiger partial charge on any atom is -0.375 e. The van der Waals surface area contributed by atoms with Crippen molar-refractivity contribution >= 4 is 11.8 Å². The van der Waals surface area contributed by atoms with Crippen LogP contribution in [0.4, 0.5) is 0 Å². The van der Waals surface area contributed by atoms with E-state index in [4.69, 9.17) is 4.74 Å². The van der Waals surface area contributed by atoms with E-state index < -0.39 is 0 Å². The topological polar surface area (TPSA) is 53.1 Å². The van der Waals surface area contributed by atoms with Gasteiger partial charge in [-0.25, -0.2) is 0 Å². The fourth-order valence-electron chi connectivity index (χ4n) is 3.39. The molecule has 3 rings (SSSR count). The molecule has 0 N–H and O–H groups in total. The van der Waals surface area contributed by atoms with Crippen molar-refractivity contribution in [3.63, 3.8) is 0 Å². The van der Waals surface area contributed by atoms with Gasteiger partial charge in [0.1, 0.15) is 0 Å². The number of likely N-dealkylation sites (N-methyl/N-ethyl adjacent to an activating group) is 1. The van der Waals surface area contributed by atoms with Crippen LogP contribution in [-0.4, -0.2) is 85.0 Å². The molecule has 0 aromatic rings. The highest BCUT2D eigenvalue weighted by Crippen LogP contribution is 2.25. The lowest BCUT2D eigenvalue weighted by atomic mass is 9.94. The second-order valence-corrected chi connectivity index (χ2v) is 6.15. The van der Waals surface area contributed by atoms with E-state index in [2.05, 4.69) is 11.9 Å². The molecule has 3 heterocycles. The van der Waals surface area contributed by atoms with Crippen LogP contribution in [0.15, 0.2) is 0 Å². The van der Waals surface area contributed by atoms with Crippen LogP contribution < -0.4 is 0 Å². The van der Waals surface area contributed by atoms with Gasteiger partial charge in [-0.2, -0.15) is 0 Å². The predicted molar refractivity (Wildman–Crippen MR) is 73.1 cm³/mol. The molecule has 3 aliphatic rings. The molecule has 20 heavy (non-hydrogen) atoms. The number of fused-ring (bicyclic) bond motifs is 1. The van der Waals surface area contributed by atoms with Crippen molar-refractivity contribution in [2.45, 2.75) is 25.5 Å². The SMILES string of the molecule is CC(=O)N1CC(C(=O)N2CC[C@H]3OCCN(C)[C@H]3C2)C1. The highest BCUT2D eigenvalue weighted by atomic mass is 16.5. The van der Waals surface area contributed by atoms with Crippen LogP contribution >= 0.6 is 0 Å². The first kappa shape index (κ1) is 13.8. The lowest BCUT2D eigenvalue weighted by molar-refractivity contribution is -0.153. The third-order valence-corrected chi connectivity index (χ3v) is 4.85. The van der Waals surface area contributed by atoms with Crippen LogP contribution in [0.2, 0.25) is 0 Å². The maximum Gasteiger partial charge on any atom is 0.229 e. The average molecular weight is 281 g/mol. The first-order valence-corrected chi connectivity index (χ1v) is 7.42. The molecule has 0 unspecified atom stereocenters. The minimum absolute atomic E-state index is 0.00488. The maximum absolute atomic E-state index is 12.5. The smallest absolute Gasteiger partial charge is 0.229 e. The van der Waals surface area contributed by atoms with Gasteiger partial charge in [0.2, 0.25) is 11.8 Å². The van der Waals surface area contributed by atoms with Gasteiger partial charge in [-0.1, -0.05) is 0 Å². The first-order chi connectivity index (χ1) is 9.56. The monoisotopic (exact) mass is 281 g/mol. The molecular weight excluding hydrogens is 258 g/mol. The van der Waals surface area contributed by atoms with E-state index >= 15 is 0 Å². The van der Waals surface area contributed by atoms with Crippen LogP contribution in [-0.2, 0) is 14.3 Å². The number of carbonyl (C=O) groups excluding carboxylic acids is 2. The number of ether oxygens (including phenoxy) is 1. The summed E-state index contributed by atoms with van der Waals surface area (Å²) in [7, 11) is 2.11. The number of likely N-dealkylation sites (tertiary alicyclic amines) is 2. The molecule has 0 bridgehead atoms. The summed E-state index contributed by atoms with van der Waals surface area (Å²) in [5, 5.41) is 0. The first-order valence-electron chi connectivity index (χ1n) is 7.42. The van der Waals surface area contributed by atoms with E-state index in [1.165, 1.54) is 0 Å². The van der Waals surface area contributed by atoms with E-state index in [9.17, 15) is 9.59 Å². The minimum atomic E-state index is 0.00488. The lowest BCUT2D eigenvalue weighted by Crippen LogP contribution is -2.62. The van der Waals surface area contributed by atoms with Crippen molar-refractivity contribution in [1.82, 2.24) is 14.7 Å². The van der Waals surface area contributed by atoms with Gasteiger partial charge in [0, 0.05) is 39.6 Å². The quantitative estimate of drug-likeness (QED) is 0.644. The summed E-state index contributed by atoms with van der Waals surface area (Å²) in [6.07, 6.45) is 1.19. The Labute approximate surface area is 119 Å². The number of nitrogens with zero attached hydrogens (tertiary/aromatic N) is 3. The van der Waals surface area contributed by atoms with Crippen LogP contribution in [0.25, 0.3) is 0 Å². The Bertz CT molecular complexity index is 408. The van der Waals surface area contributed by atoms with Crippen molar-refractivity contribution in [2.75, 3.05) is 46.4 Å². The third kappa shape index (κ3) is 2.42. The van der Waals surface area contributed by atoms with Crippen molar-refractivity contribution in [2.24, 2.45) is 5.92 Å². The summed E-state index contributed by atoms with van der Waals surface area (Å²) in [5.74, 6) is 0.276. The molecule has 0 aromatic carbocycles. The zero-order chi connectivity index (χ0) is 14.3. The van der Waals surface area contributed by atoms with E-state index in [1.54, 1.807) is 11.8 Å².